The van der Waals surface area contributed by atoms with Crippen LogP contribution in [0.3, 0.4) is 0 Å². The van der Waals surface area contributed by atoms with Crippen molar-refractivity contribution in [2.45, 2.75) is 53.0 Å². The molecule has 3 nitrogen and oxygen atoms in total. The monoisotopic (exact) mass is 261 g/mol. The van der Waals surface area contributed by atoms with E-state index in [1.807, 2.05) is 19.1 Å². The summed E-state index contributed by atoms with van der Waals surface area (Å²) in [6.07, 6.45) is 12.5. The highest BCUT2D eigenvalue weighted by atomic mass is 15.1. The Morgan fingerprint density at radius 1 is 1.21 bits per heavy atom. The van der Waals surface area contributed by atoms with Crippen LogP contribution < -0.4 is 0 Å². The van der Waals surface area contributed by atoms with Crippen molar-refractivity contribution in [1.29, 1.82) is 0 Å². The molecule has 1 aliphatic rings. The molecule has 0 aromatic carbocycles. The van der Waals surface area contributed by atoms with Crippen LogP contribution in [0.5, 0.6) is 0 Å². The van der Waals surface area contributed by atoms with Gasteiger partial charge in [0.05, 0.1) is 6.04 Å². The summed E-state index contributed by atoms with van der Waals surface area (Å²) in [5.74, 6) is 3.11. The number of nitrogens with zero attached hydrogens (tertiary/aromatic N) is 3. The van der Waals surface area contributed by atoms with Crippen LogP contribution in [0.1, 0.15) is 47.0 Å². The highest BCUT2D eigenvalue weighted by Gasteiger charge is 2.28. The molecule has 0 aliphatic heterocycles. The first-order valence-electron chi connectivity index (χ1n) is 7.43. The number of azide groups is 1. The standard InChI is InChI=1S/C16H27N3/c1-12(2)16-10-9-13(3)11-15(16)8-6-5-7-14(4)18-19-17/h5-8,12-16H,9-11H2,1-4H3/b7-5+,8-6+/t13-,14-,15-,16+/m1/s1. The van der Waals surface area contributed by atoms with E-state index in [2.05, 4.69) is 42.9 Å². The molecular weight excluding hydrogens is 234 g/mol. The van der Waals surface area contributed by atoms with E-state index >= 15 is 0 Å². The molecule has 0 heterocycles. The van der Waals surface area contributed by atoms with E-state index < -0.39 is 0 Å². The molecule has 0 N–H and O–H groups in total. The average Bonchev–Trinajstić information content (AvgIpc) is 2.34. The Morgan fingerprint density at radius 3 is 2.58 bits per heavy atom. The van der Waals surface area contributed by atoms with Gasteiger partial charge in [-0.3, -0.25) is 0 Å². The predicted octanol–water partition coefficient (Wildman–Crippen LogP) is 5.51. The maximum Gasteiger partial charge on any atom is 0.0529 e. The summed E-state index contributed by atoms with van der Waals surface area (Å²) in [6, 6.07) is -0.0687. The molecule has 1 saturated carbocycles. The molecule has 1 rings (SSSR count). The highest BCUT2D eigenvalue weighted by Crippen LogP contribution is 2.38. The van der Waals surface area contributed by atoms with Gasteiger partial charge in [0.15, 0.2) is 0 Å². The van der Waals surface area contributed by atoms with Gasteiger partial charge < -0.3 is 0 Å². The van der Waals surface area contributed by atoms with E-state index in [0.29, 0.717) is 5.92 Å². The zero-order valence-electron chi connectivity index (χ0n) is 12.7. The summed E-state index contributed by atoms with van der Waals surface area (Å²) >= 11 is 0. The molecule has 0 aromatic rings. The normalized spacial score (nSPS) is 29.8. The second kappa shape index (κ2) is 8.06. The summed E-state index contributed by atoms with van der Waals surface area (Å²) in [5.41, 5.74) is 8.33. The van der Waals surface area contributed by atoms with E-state index in [1.165, 1.54) is 19.3 Å². The second-order valence-corrected chi connectivity index (χ2v) is 6.21. The van der Waals surface area contributed by atoms with Crippen molar-refractivity contribution in [1.82, 2.24) is 0 Å². The Labute approximate surface area is 117 Å². The Bertz CT molecular complexity index is 364. The lowest BCUT2D eigenvalue weighted by molar-refractivity contribution is 0.178. The van der Waals surface area contributed by atoms with Gasteiger partial charge in [-0.05, 0) is 42.0 Å². The number of allylic oxidation sites excluding steroid dienone is 3. The lowest BCUT2D eigenvalue weighted by Gasteiger charge is -2.35. The minimum atomic E-state index is -0.0687. The lowest BCUT2D eigenvalue weighted by Crippen LogP contribution is -2.26. The zero-order valence-corrected chi connectivity index (χ0v) is 12.7. The molecule has 0 aromatic heterocycles. The van der Waals surface area contributed by atoms with Gasteiger partial charge in [-0.25, -0.2) is 0 Å². The Hall–Kier alpha value is -1.21. The fourth-order valence-electron chi connectivity index (χ4n) is 3.05. The fourth-order valence-corrected chi connectivity index (χ4v) is 3.05. The van der Waals surface area contributed by atoms with Gasteiger partial charge in [-0.2, -0.15) is 0 Å². The molecular formula is C16H27N3. The van der Waals surface area contributed by atoms with Crippen LogP contribution in [-0.2, 0) is 0 Å². The Balaban J connectivity index is 2.58. The molecule has 3 heteroatoms. The van der Waals surface area contributed by atoms with Gasteiger partial charge in [0.25, 0.3) is 0 Å². The topological polar surface area (TPSA) is 48.8 Å². The maximum absolute atomic E-state index is 8.33. The van der Waals surface area contributed by atoms with Gasteiger partial charge in [0.1, 0.15) is 0 Å². The van der Waals surface area contributed by atoms with Gasteiger partial charge in [0, 0.05) is 4.91 Å². The lowest BCUT2D eigenvalue weighted by atomic mass is 9.70. The first kappa shape index (κ1) is 15.8. The average molecular weight is 261 g/mol. The predicted molar refractivity (Wildman–Crippen MR) is 81.7 cm³/mol. The van der Waals surface area contributed by atoms with Crippen molar-refractivity contribution < 1.29 is 0 Å². The van der Waals surface area contributed by atoms with Gasteiger partial charge in [0.2, 0.25) is 0 Å². The molecule has 0 bridgehead atoms. The molecule has 1 fully saturated rings. The van der Waals surface area contributed by atoms with E-state index in [4.69, 9.17) is 5.53 Å². The maximum atomic E-state index is 8.33. The summed E-state index contributed by atoms with van der Waals surface area (Å²) < 4.78 is 0. The third kappa shape index (κ3) is 5.52. The van der Waals surface area contributed by atoms with Crippen LogP contribution in [-0.4, -0.2) is 6.04 Å². The van der Waals surface area contributed by atoms with Gasteiger partial charge >= 0.3 is 0 Å². The van der Waals surface area contributed by atoms with E-state index in [0.717, 1.165) is 17.8 Å². The first-order chi connectivity index (χ1) is 9.04. The minimum Gasteiger partial charge on any atom is -0.0868 e. The molecule has 4 atom stereocenters. The van der Waals surface area contributed by atoms with Crippen molar-refractivity contribution in [3.05, 3.63) is 34.7 Å². The largest absolute Gasteiger partial charge is 0.0868 e. The summed E-state index contributed by atoms with van der Waals surface area (Å²) in [6.45, 7) is 8.92. The van der Waals surface area contributed by atoms with Gasteiger partial charge in [-0.1, -0.05) is 63.5 Å². The van der Waals surface area contributed by atoms with Crippen LogP contribution in [0.2, 0.25) is 0 Å². The molecule has 0 spiro atoms. The fraction of sp³-hybridized carbons (Fsp3) is 0.750. The van der Waals surface area contributed by atoms with Crippen LogP contribution in [0.4, 0.5) is 0 Å². The molecule has 19 heavy (non-hydrogen) atoms. The summed E-state index contributed by atoms with van der Waals surface area (Å²) in [7, 11) is 0. The van der Waals surface area contributed by atoms with Crippen molar-refractivity contribution >= 4 is 0 Å². The van der Waals surface area contributed by atoms with Crippen LogP contribution in [0.15, 0.2) is 29.4 Å². The molecule has 0 amide bonds. The first-order valence-corrected chi connectivity index (χ1v) is 7.43. The third-order valence-electron chi connectivity index (χ3n) is 4.17. The zero-order chi connectivity index (χ0) is 14.3. The SMILES string of the molecule is CC(C)[C@@H]1CC[C@@H](C)C[C@H]1/C=C/C=C/[C@@H](C)N=[N+]=[N-]. The summed E-state index contributed by atoms with van der Waals surface area (Å²) in [4.78, 5) is 2.80. The Kier molecular flexibility index (Phi) is 6.72. The van der Waals surface area contributed by atoms with Crippen molar-refractivity contribution in [3.8, 4) is 0 Å². The molecule has 0 saturated heterocycles. The molecule has 106 valence electrons. The molecule has 0 radical (unpaired) electrons. The smallest absolute Gasteiger partial charge is 0.0529 e. The van der Waals surface area contributed by atoms with Crippen LogP contribution in [0, 0.1) is 23.7 Å². The summed E-state index contributed by atoms with van der Waals surface area (Å²) in [5, 5.41) is 3.62. The minimum absolute atomic E-state index is 0.0687. The number of rotatable bonds is 5. The molecule has 1 aliphatic carbocycles. The molecule has 0 unspecified atom stereocenters. The van der Waals surface area contributed by atoms with Crippen LogP contribution in [0.25, 0.3) is 10.4 Å². The number of hydrogen-bond donors (Lipinski definition) is 0. The second-order valence-electron chi connectivity index (χ2n) is 6.21. The van der Waals surface area contributed by atoms with E-state index in [9.17, 15) is 0 Å². The number of hydrogen-bond acceptors (Lipinski definition) is 1. The Morgan fingerprint density at radius 2 is 1.95 bits per heavy atom. The highest BCUT2D eigenvalue weighted by molar-refractivity contribution is 5.08. The van der Waals surface area contributed by atoms with E-state index in [-0.39, 0.29) is 6.04 Å². The van der Waals surface area contributed by atoms with Crippen molar-refractivity contribution in [3.63, 3.8) is 0 Å². The van der Waals surface area contributed by atoms with Gasteiger partial charge in [-0.15, -0.1) is 0 Å². The van der Waals surface area contributed by atoms with E-state index in [1.54, 1.807) is 0 Å². The van der Waals surface area contributed by atoms with Crippen LogP contribution >= 0.6 is 0 Å². The van der Waals surface area contributed by atoms with Crippen molar-refractivity contribution in [2.24, 2.45) is 28.8 Å². The van der Waals surface area contributed by atoms with Crippen molar-refractivity contribution in [2.75, 3.05) is 0 Å². The third-order valence-corrected chi connectivity index (χ3v) is 4.17. The quantitative estimate of drug-likeness (QED) is 0.271.